The molecule has 1 heterocycles. The molecule has 14 heavy (non-hydrogen) atoms. The SMILES string of the molecule is CC1=NC(=O)C2C=C(Cl)C(Br)=CC2=N1. The minimum atomic E-state index is -0.410. The van der Waals surface area contributed by atoms with E-state index in [4.69, 9.17) is 11.6 Å². The van der Waals surface area contributed by atoms with E-state index in [0.717, 1.165) is 4.48 Å². The zero-order chi connectivity index (χ0) is 10.3. The zero-order valence-corrected chi connectivity index (χ0v) is 9.63. The molecule has 1 amide bonds. The van der Waals surface area contributed by atoms with E-state index in [9.17, 15) is 4.79 Å². The number of amides is 1. The van der Waals surface area contributed by atoms with E-state index < -0.39 is 5.92 Å². The number of amidine groups is 1. The first-order chi connectivity index (χ1) is 6.58. The van der Waals surface area contributed by atoms with E-state index in [-0.39, 0.29) is 5.91 Å². The van der Waals surface area contributed by atoms with Crippen LogP contribution in [-0.2, 0) is 4.79 Å². The quantitative estimate of drug-likeness (QED) is 0.668. The molecular formula is C9H6BrClN2O. The van der Waals surface area contributed by atoms with Gasteiger partial charge in [-0.15, -0.1) is 0 Å². The summed E-state index contributed by atoms with van der Waals surface area (Å²) in [5.41, 5.74) is 0.693. The van der Waals surface area contributed by atoms with E-state index in [0.29, 0.717) is 16.6 Å². The summed E-state index contributed by atoms with van der Waals surface area (Å²) in [6.07, 6.45) is 3.41. The summed E-state index contributed by atoms with van der Waals surface area (Å²) in [4.78, 5) is 19.4. The summed E-state index contributed by atoms with van der Waals surface area (Å²) in [6, 6.07) is 0. The van der Waals surface area contributed by atoms with Crippen LogP contribution in [0.25, 0.3) is 0 Å². The normalized spacial score (nSPS) is 25.9. The van der Waals surface area contributed by atoms with E-state index in [2.05, 4.69) is 25.9 Å². The summed E-state index contributed by atoms with van der Waals surface area (Å²) < 4.78 is 0.747. The summed E-state index contributed by atoms with van der Waals surface area (Å²) in [5.74, 6) is -0.126. The molecule has 0 radical (unpaired) electrons. The maximum absolute atomic E-state index is 11.5. The second-order valence-corrected chi connectivity index (χ2v) is 4.28. The Labute approximate surface area is 94.4 Å². The first-order valence-corrected chi connectivity index (χ1v) is 5.17. The van der Waals surface area contributed by atoms with Crippen LogP contribution < -0.4 is 0 Å². The van der Waals surface area contributed by atoms with Crippen LogP contribution in [0.5, 0.6) is 0 Å². The fourth-order valence-electron chi connectivity index (χ4n) is 1.34. The molecule has 72 valence electrons. The van der Waals surface area contributed by atoms with Crippen LogP contribution in [0, 0.1) is 5.92 Å². The average molecular weight is 274 g/mol. The smallest absolute Gasteiger partial charge is 0.260 e. The molecule has 2 aliphatic rings. The molecule has 0 aromatic heterocycles. The van der Waals surface area contributed by atoms with Gasteiger partial charge in [-0.2, -0.15) is 4.99 Å². The number of allylic oxidation sites excluding steroid dienone is 3. The van der Waals surface area contributed by atoms with Crippen LogP contribution in [-0.4, -0.2) is 17.5 Å². The predicted molar refractivity (Wildman–Crippen MR) is 60.0 cm³/mol. The summed E-state index contributed by atoms with van der Waals surface area (Å²) in [7, 11) is 0. The Morgan fingerprint density at radius 2 is 2.21 bits per heavy atom. The molecule has 1 aliphatic carbocycles. The minimum Gasteiger partial charge on any atom is -0.271 e. The molecule has 0 bridgehead atoms. The molecule has 1 atom stereocenters. The predicted octanol–water partition coefficient (Wildman–Crippen LogP) is 2.42. The maximum atomic E-state index is 11.5. The van der Waals surface area contributed by atoms with Gasteiger partial charge in [0.05, 0.1) is 10.7 Å². The number of hydrogen-bond acceptors (Lipinski definition) is 2. The number of hydrogen-bond donors (Lipinski definition) is 0. The average Bonchev–Trinajstić information content (AvgIpc) is 2.08. The third kappa shape index (κ3) is 1.60. The number of nitrogens with zero attached hydrogens (tertiary/aromatic N) is 2. The van der Waals surface area contributed by atoms with Gasteiger partial charge in [0.25, 0.3) is 5.91 Å². The second kappa shape index (κ2) is 3.44. The van der Waals surface area contributed by atoms with Crippen LogP contribution in [0.4, 0.5) is 0 Å². The minimum absolute atomic E-state index is 0.207. The highest BCUT2D eigenvalue weighted by molar-refractivity contribution is 9.12. The van der Waals surface area contributed by atoms with E-state index in [1.54, 1.807) is 19.1 Å². The highest BCUT2D eigenvalue weighted by Gasteiger charge is 2.28. The van der Waals surface area contributed by atoms with Crippen molar-refractivity contribution in [3.8, 4) is 0 Å². The number of fused-ring (bicyclic) bond motifs is 1. The van der Waals surface area contributed by atoms with Gasteiger partial charge in [0, 0.05) is 4.48 Å². The van der Waals surface area contributed by atoms with Gasteiger partial charge in [-0.3, -0.25) is 4.79 Å². The van der Waals surface area contributed by atoms with E-state index >= 15 is 0 Å². The van der Waals surface area contributed by atoms with Crippen molar-refractivity contribution in [1.29, 1.82) is 0 Å². The van der Waals surface area contributed by atoms with Gasteiger partial charge in [0.1, 0.15) is 11.8 Å². The van der Waals surface area contributed by atoms with Crippen molar-refractivity contribution in [2.45, 2.75) is 6.92 Å². The third-order valence-corrected chi connectivity index (χ3v) is 3.18. The van der Waals surface area contributed by atoms with Crippen molar-refractivity contribution in [3.05, 3.63) is 21.7 Å². The molecule has 0 N–H and O–H groups in total. The molecule has 2 rings (SSSR count). The van der Waals surface area contributed by atoms with Gasteiger partial charge < -0.3 is 0 Å². The number of rotatable bonds is 0. The Balaban J connectivity index is 2.49. The van der Waals surface area contributed by atoms with Crippen LogP contribution in [0.1, 0.15) is 6.92 Å². The Morgan fingerprint density at radius 3 is 2.93 bits per heavy atom. The molecular weight excluding hydrogens is 267 g/mol. The molecule has 1 aliphatic heterocycles. The number of aliphatic imine (C=N–C) groups is 2. The first-order valence-electron chi connectivity index (χ1n) is 4.00. The molecule has 3 nitrogen and oxygen atoms in total. The molecule has 0 spiro atoms. The van der Waals surface area contributed by atoms with Gasteiger partial charge in [-0.05, 0) is 35.0 Å². The molecule has 0 fully saturated rings. The van der Waals surface area contributed by atoms with Crippen molar-refractivity contribution in [2.24, 2.45) is 15.9 Å². The topological polar surface area (TPSA) is 41.8 Å². The van der Waals surface area contributed by atoms with Crippen molar-refractivity contribution in [3.63, 3.8) is 0 Å². The molecule has 0 aromatic rings. The highest BCUT2D eigenvalue weighted by Crippen LogP contribution is 2.30. The Bertz CT molecular complexity index is 434. The van der Waals surface area contributed by atoms with Crippen LogP contribution >= 0.6 is 27.5 Å². The second-order valence-electron chi connectivity index (χ2n) is 3.02. The van der Waals surface area contributed by atoms with Crippen molar-refractivity contribution >= 4 is 45.0 Å². The molecule has 0 saturated carbocycles. The largest absolute Gasteiger partial charge is 0.271 e. The summed E-state index contributed by atoms with van der Waals surface area (Å²) in [5, 5.41) is 0.525. The van der Waals surface area contributed by atoms with Gasteiger partial charge in [0.15, 0.2) is 0 Å². The lowest BCUT2D eigenvalue weighted by molar-refractivity contribution is -0.118. The Morgan fingerprint density at radius 1 is 1.50 bits per heavy atom. The number of carbonyl (C=O) groups excluding carboxylic acids is 1. The molecule has 5 heteroatoms. The monoisotopic (exact) mass is 272 g/mol. The number of halogens is 2. The maximum Gasteiger partial charge on any atom is 0.260 e. The standard InChI is InChI=1S/C9H6BrClN2O/c1-4-12-8-3-6(10)7(11)2-5(8)9(14)13-4/h2-3,5H,1H3. The highest BCUT2D eigenvalue weighted by atomic mass is 79.9. The van der Waals surface area contributed by atoms with E-state index in [1.165, 1.54) is 0 Å². The van der Waals surface area contributed by atoms with E-state index in [1.807, 2.05) is 0 Å². The Hall–Kier alpha value is -0.740. The lowest BCUT2D eigenvalue weighted by atomic mass is 9.96. The number of carbonyl (C=O) groups is 1. The van der Waals surface area contributed by atoms with Gasteiger partial charge in [-0.25, -0.2) is 4.99 Å². The lowest BCUT2D eigenvalue weighted by Gasteiger charge is -2.18. The molecule has 1 unspecified atom stereocenters. The summed E-state index contributed by atoms with van der Waals surface area (Å²) >= 11 is 9.16. The lowest BCUT2D eigenvalue weighted by Crippen LogP contribution is -2.27. The fraction of sp³-hybridized carbons (Fsp3) is 0.222. The molecule has 0 saturated heterocycles. The van der Waals surface area contributed by atoms with Crippen LogP contribution in [0.15, 0.2) is 31.7 Å². The Kier molecular flexibility index (Phi) is 2.41. The van der Waals surface area contributed by atoms with Crippen molar-refractivity contribution < 1.29 is 4.79 Å². The first kappa shape index (κ1) is 9.80. The van der Waals surface area contributed by atoms with Gasteiger partial charge >= 0.3 is 0 Å². The summed E-state index contributed by atoms with van der Waals surface area (Å²) in [6.45, 7) is 1.70. The molecule has 0 aromatic carbocycles. The van der Waals surface area contributed by atoms with Crippen LogP contribution in [0.3, 0.4) is 0 Å². The fourth-order valence-corrected chi connectivity index (χ4v) is 1.89. The van der Waals surface area contributed by atoms with Crippen molar-refractivity contribution in [2.75, 3.05) is 0 Å². The third-order valence-electron chi connectivity index (χ3n) is 1.96. The zero-order valence-electron chi connectivity index (χ0n) is 7.29. The van der Waals surface area contributed by atoms with Crippen molar-refractivity contribution in [1.82, 2.24) is 0 Å². The van der Waals surface area contributed by atoms with Gasteiger partial charge in [-0.1, -0.05) is 11.6 Å². The van der Waals surface area contributed by atoms with Gasteiger partial charge in [0.2, 0.25) is 0 Å². The van der Waals surface area contributed by atoms with Crippen LogP contribution in [0.2, 0.25) is 0 Å².